The molecule has 0 aromatic heterocycles. The van der Waals surface area contributed by atoms with Gasteiger partial charge in [-0.25, -0.2) is 0 Å². The normalized spacial score (nSPS) is 11.3. The Bertz CT molecular complexity index is 175. The molecule has 0 N–H and O–H groups in total. The fourth-order valence-corrected chi connectivity index (χ4v) is 0.443. The Morgan fingerprint density at radius 2 is 2.36 bits per heavy atom. The van der Waals surface area contributed by atoms with Crippen LogP contribution in [0.1, 0.15) is 6.92 Å². The Morgan fingerprint density at radius 3 is 2.91 bits per heavy atom. The monoisotopic (exact) mass is 148 g/mol. The molecule has 4 heteroatoms. The summed E-state index contributed by atoms with van der Waals surface area (Å²) >= 11 is 0. The SMILES string of the molecule is C[C@@H]([CH][CH][CH][CH]C#N)N=[N+]=[N-]. The summed E-state index contributed by atoms with van der Waals surface area (Å²) in [6, 6.07) is 1.67. The molecule has 0 aliphatic rings. The first-order valence-electron chi connectivity index (χ1n) is 3.08. The van der Waals surface area contributed by atoms with Crippen LogP contribution in [-0.2, 0) is 0 Å². The van der Waals surface area contributed by atoms with E-state index < -0.39 is 0 Å². The van der Waals surface area contributed by atoms with E-state index in [0.29, 0.717) is 0 Å². The van der Waals surface area contributed by atoms with Gasteiger partial charge in [-0.1, -0.05) is 12.0 Å². The first kappa shape index (κ1) is 9.80. The van der Waals surface area contributed by atoms with E-state index in [4.69, 9.17) is 10.8 Å². The first-order chi connectivity index (χ1) is 5.31. The highest BCUT2D eigenvalue weighted by atomic mass is 15.1. The van der Waals surface area contributed by atoms with Crippen molar-refractivity contribution in [3.8, 4) is 6.07 Å². The van der Waals surface area contributed by atoms with Gasteiger partial charge in [0.05, 0.1) is 12.5 Å². The lowest BCUT2D eigenvalue weighted by molar-refractivity contribution is 0.852. The van der Waals surface area contributed by atoms with Crippen LogP contribution < -0.4 is 0 Å². The predicted octanol–water partition coefficient (Wildman–Crippen LogP) is 2.03. The molecule has 0 amide bonds. The first-order valence-corrected chi connectivity index (χ1v) is 3.08. The highest BCUT2D eigenvalue weighted by molar-refractivity contribution is 5.14. The summed E-state index contributed by atoms with van der Waals surface area (Å²) in [7, 11) is 0. The lowest BCUT2D eigenvalue weighted by atomic mass is 10.1. The quantitative estimate of drug-likeness (QED) is 0.254. The molecule has 0 unspecified atom stereocenters. The van der Waals surface area contributed by atoms with Crippen LogP contribution in [0, 0.1) is 37.0 Å². The molecule has 4 radical (unpaired) electrons. The second-order valence-electron chi connectivity index (χ2n) is 1.82. The van der Waals surface area contributed by atoms with Gasteiger partial charge in [-0.3, -0.25) is 0 Å². The van der Waals surface area contributed by atoms with Gasteiger partial charge in [0.15, 0.2) is 0 Å². The van der Waals surface area contributed by atoms with Gasteiger partial charge in [-0.2, -0.15) is 5.26 Å². The predicted molar refractivity (Wildman–Crippen MR) is 41.4 cm³/mol. The van der Waals surface area contributed by atoms with E-state index in [1.54, 1.807) is 26.2 Å². The summed E-state index contributed by atoms with van der Waals surface area (Å²) < 4.78 is 0. The molecule has 4 nitrogen and oxygen atoms in total. The zero-order chi connectivity index (χ0) is 8.53. The number of nitrogens with zero attached hydrogens (tertiary/aromatic N) is 4. The molecule has 11 heavy (non-hydrogen) atoms. The summed E-state index contributed by atoms with van der Waals surface area (Å²) in [6.07, 6.45) is 6.30. The fraction of sp³-hybridized carbons (Fsp3) is 0.286. The van der Waals surface area contributed by atoms with Crippen molar-refractivity contribution >= 4 is 0 Å². The van der Waals surface area contributed by atoms with Gasteiger partial charge in [-0.05, 0) is 24.8 Å². The van der Waals surface area contributed by atoms with Crippen molar-refractivity contribution in [3.63, 3.8) is 0 Å². The minimum atomic E-state index is -0.164. The molecule has 56 valence electrons. The number of unbranched alkanes of at least 4 members (excludes halogenated alkanes) is 2. The van der Waals surface area contributed by atoms with E-state index in [1.807, 2.05) is 6.07 Å². The van der Waals surface area contributed by atoms with Crippen molar-refractivity contribution in [1.82, 2.24) is 0 Å². The highest BCUT2D eigenvalue weighted by Crippen LogP contribution is 2.01. The Morgan fingerprint density at radius 1 is 1.64 bits per heavy atom. The molecule has 1 atom stereocenters. The largest absolute Gasteiger partial charge is 0.198 e. The summed E-state index contributed by atoms with van der Waals surface area (Å²) in [5, 5.41) is 11.5. The molecule has 0 aliphatic heterocycles. The molecule has 0 spiro atoms. The minimum Gasteiger partial charge on any atom is -0.198 e. The van der Waals surface area contributed by atoms with E-state index in [2.05, 4.69) is 10.0 Å². The zero-order valence-corrected chi connectivity index (χ0v) is 6.18. The van der Waals surface area contributed by atoms with Crippen LogP contribution in [0.15, 0.2) is 5.11 Å². The maximum atomic E-state index is 8.08. The Hall–Kier alpha value is -1.20. The third-order valence-corrected chi connectivity index (χ3v) is 0.905. The summed E-state index contributed by atoms with van der Waals surface area (Å²) in [5.41, 5.74) is 7.99. The number of rotatable bonds is 5. The zero-order valence-electron chi connectivity index (χ0n) is 6.18. The van der Waals surface area contributed by atoms with E-state index in [9.17, 15) is 0 Å². The van der Waals surface area contributed by atoms with Gasteiger partial charge in [0.2, 0.25) is 0 Å². The van der Waals surface area contributed by atoms with Crippen LogP contribution >= 0.6 is 0 Å². The second-order valence-corrected chi connectivity index (χ2v) is 1.82. The van der Waals surface area contributed by atoms with Gasteiger partial charge < -0.3 is 0 Å². The average molecular weight is 148 g/mol. The van der Waals surface area contributed by atoms with Crippen LogP contribution in [0.3, 0.4) is 0 Å². The molecule has 0 aromatic carbocycles. The van der Waals surface area contributed by atoms with Gasteiger partial charge in [0.1, 0.15) is 0 Å². The van der Waals surface area contributed by atoms with E-state index in [1.165, 1.54) is 6.42 Å². The van der Waals surface area contributed by atoms with Crippen molar-refractivity contribution < 1.29 is 0 Å². The minimum absolute atomic E-state index is 0.164. The molecule has 0 saturated carbocycles. The van der Waals surface area contributed by atoms with Crippen LogP contribution in [0.4, 0.5) is 0 Å². The number of azide groups is 1. The van der Waals surface area contributed by atoms with E-state index >= 15 is 0 Å². The van der Waals surface area contributed by atoms with Crippen molar-refractivity contribution in [1.29, 1.82) is 5.26 Å². The average Bonchev–Trinajstić information content (AvgIpc) is 1.99. The maximum absolute atomic E-state index is 8.08. The Balaban J connectivity index is 3.25. The van der Waals surface area contributed by atoms with Crippen molar-refractivity contribution in [2.24, 2.45) is 5.11 Å². The lowest BCUT2D eigenvalue weighted by Gasteiger charge is -1.99. The lowest BCUT2D eigenvalue weighted by Crippen LogP contribution is -1.97. The van der Waals surface area contributed by atoms with Crippen molar-refractivity contribution in [3.05, 3.63) is 36.1 Å². The molecule has 0 fully saturated rings. The molecular weight excluding hydrogens is 140 g/mol. The standard InChI is InChI=1S/C7H8N4/c1-7(10-11-9)5-3-2-4-6-8/h2-5,7H,1H3/t7-/m0/s1. The maximum Gasteiger partial charge on any atom is 0.0672 e. The second kappa shape index (κ2) is 6.91. The van der Waals surface area contributed by atoms with Crippen LogP contribution in [0.5, 0.6) is 0 Å². The molecular formula is C7H8N4. The van der Waals surface area contributed by atoms with Crippen LogP contribution in [0.25, 0.3) is 10.4 Å². The van der Waals surface area contributed by atoms with Gasteiger partial charge >= 0.3 is 0 Å². The molecule has 0 aromatic rings. The number of hydrogen-bond acceptors (Lipinski definition) is 2. The summed E-state index contributed by atoms with van der Waals surface area (Å²) in [6.45, 7) is 1.76. The molecule has 0 saturated heterocycles. The molecule has 0 bridgehead atoms. The fourth-order valence-electron chi connectivity index (χ4n) is 0.443. The number of hydrogen-bond donors (Lipinski definition) is 0. The Labute approximate surface area is 66.5 Å². The van der Waals surface area contributed by atoms with Gasteiger partial charge in [-0.15, -0.1) is 0 Å². The third-order valence-electron chi connectivity index (χ3n) is 0.905. The Kier molecular flexibility index (Phi) is 6.16. The van der Waals surface area contributed by atoms with Crippen molar-refractivity contribution in [2.75, 3.05) is 0 Å². The molecule has 0 rings (SSSR count). The van der Waals surface area contributed by atoms with Gasteiger partial charge in [0, 0.05) is 11.0 Å². The van der Waals surface area contributed by atoms with Crippen LogP contribution in [-0.4, -0.2) is 6.04 Å². The third kappa shape index (κ3) is 6.69. The summed E-state index contributed by atoms with van der Waals surface area (Å²) in [4.78, 5) is 2.62. The van der Waals surface area contributed by atoms with Crippen LogP contribution in [0.2, 0.25) is 0 Å². The highest BCUT2D eigenvalue weighted by Gasteiger charge is 1.97. The smallest absolute Gasteiger partial charge is 0.0672 e. The van der Waals surface area contributed by atoms with Gasteiger partial charge in [0.25, 0.3) is 0 Å². The van der Waals surface area contributed by atoms with E-state index in [0.717, 1.165) is 0 Å². The molecule has 0 aliphatic carbocycles. The van der Waals surface area contributed by atoms with E-state index in [-0.39, 0.29) is 6.04 Å². The molecule has 0 heterocycles. The summed E-state index contributed by atoms with van der Waals surface area (Å²) in [5.74, 6) is 0. The van der Waals surface area contributed by atoms with Crippen molar-refractivity contribution in [2.45, 2.75) is 13.0 Å². The topological polar surface area (TPSA) is 72.5 Å². The number of nitriles is 1.